The van der Waals surface area contributed by atoms with E-state index in [2.05, 4.69) is 40.3 Å². The molecule has 0 atom stereocenters. The number of amides is 1. The number of carbonyl (C=O) groups excluding carboxylic acids is 1. The van der Waals surface area contributed by atoms with Gasteiger partial charge in [-0.3, -0.25) is 4.79 Å². The van der Waals surface area contributed by atoms with E-state index >= 15 is 0 Å². The summed E-state index contributed by atoms with van der Waals surface area (Å²) in [5.41, 5.74) is 9.03. The summed E-state index contributed by atoms with van der Waals surface area (Å²) in [4.78, 5) is 12.6. The van der Waals surface area contributed by atoms with E-state index in [9.17, 15) is 4.79 Å². The van der Waals surface area contributed by atoms with Crippen LogP contribution in [0.3, 0.4) is 0 Å². The number of aromatic nitrogens is 2. The largest absolute Gasteiger partial charge is 0.489 e. The third-order valence-electron chi connectivity index (χ3n) is 6.80. The van der Waals surface area contributed by atoms with Gasteiger partial charge in [0, 0.05) is 21.8 Å². The minimum atomic E-state index is -0.358. The van der Waals surface area contributed by atoms with Crippen molar-refractivity contribution in [3.8, 4) is 28.4 Å². The average molecular weight is 638 g/mol. The SMILES string of the molecule is Cc1cc(OCC(=O)NN=Cc2cn(-c3ccccc3)nc2-c2ccc(OCc3ccccc3)cc2)c(C(C)C)cc1Br. The van der Waals surface area contributed by atoms with E-state index in [-0.39, 0.29) is 18.4 Å². The number of nitrogens with zero attached hydrogens (tertiary/aromatic N) is 3. The number of hydrogen-bond acceptors (Lipinski definition) is 5. The highest BCUT2D eigenvalue weighted by Crippen LogP contribution is 2.32. The molecule has 0 aliphatic carbocycles. The lowest BCUT2D eigenvalue weighted by atomic mass is 10.0. The van der Waals surface area contributed by atoms with Gasteiger partial charge >= 0.3 is 0 Å². The van der Waals surface area contributed by atoms with Crippen LogP contribution in [0.5, 0.6) is 11.5 Å². The van der Waals surface area contributed by atoms with Gasteiger partial charge in [-0.2, -0.15) is 10.2 Å². The van der Waals surface area contributed by atoms with Crippen molar-refractivity contribution in [1.82, 2.24) is 15.2 Å². The molecule has 0 unspecified atom stereocenters. The van der Waals surface area contributed by atoms with E-state index in [0.717, 1.165) is 49.4 Å². The molecule has 1 heterocycles. The van der Waals surface area contributed by atoms with E-state index in [1.54, 1.807) is 10.9 Å². The lowest BCUT2D eigenvalue weighted by Crippen LogP contribution is -2.25. The van der Waals surface area contributed by atoms with Crippen molar-refractivity contribution >= 4 is 28.1 Å². The molecule has 0 aliphatic rings. The molecule has 5 aromatic rings. The highest BCUT2D eigenvalue weighted by Gasteiger charge is 2.14. The maximum absolute atomic E-state index is 12.6. The third-order valence-corrected chi connectivity index (χ3v) is 7.66. The topological polar surface area (TPSA) is 77.7 Å². The van der Waals surface area contributed by atoms with Crippen LogP contribution < -0.4 is 14.9 Å². The molecule has 4 aromatic carbocycles. The van der Waals surface area contributed by atoms with Crippen LogP contribution >= 0.6 is 15.9 Å². The molecule has 0 fully saturated rings. The first-order chi connectivity index (χ1) is 20.9. The maximum Gasteiger partial charge on any atom is 0.277 e. The van der Waals surface area contributed by atoms with E-state index in [1.165, 1.54) is 0 Å². The number of nitrogens with one attached hydrogen (secondary N) is 1. The summed E-state index contributed by atoms with van der Waals surface area (Å²) in [5.74, 6) is 1.34. The first-order valence-electron chi connectivity index (χ1n) is 14.0. The van der Waals surface area contributed by atoms with Gasteiger partial charge in [0.2, 0.25) is 0 Å². The van der Waals surface area contributed by atoms with E-state index in [0.29, 0.717) is 12.4 Å². The van der Waals surface area contributed by atoms with Gasteiger partial charge in [0.05, 0.1) is 11.9 Å². The summed E-state index contributed by atoms with van der Waals surface area (Å²) in [6.07, 6.45) is 3.49. The fourth-order valence-electron chi connectivity index (χ4n) is 4.47. The lowest BCUT2D eigenvalue weighted by Gasteiger charge is -2.15. The standard InChI is InChI=1S/C35H33BrN4O3/c1-24(2)31-19-32(36)25(3)18-33(31)43-23-34(41)38-37-20-28-21-40(29-12-8-5-9-13-29)39-35(28)27-14-16-30(17-15-27)42-22-26-10-6-4-7-11-26/h4-21,24H,22-23H2,1-3H3,(H,38,41). The van der Waals surface area contributed by atoms with Gasteiger partial charge in [-0.1, -0.05) is 78.3 Å². The Labute approximate surface area is 260 Å². The van der Waals surface area contributed by atoms with Gasteiger partial charge in [0.15, 0.2) is 6.61 Å². The fraction of sp³-hybridized carbons (Fsp3) is 0.171. The minimum absolute atomic E-state index is 0.154. The molecule has 0 spiro atoms. The van der Waals surface area contributed by atoms with Gasteiger partial charge in [-0.25, -0.2) is 10.1 Å². The zero-order valence-electron chi connectivity index (χ0n) is 24.3. The summed E-state index contributed by atoms with van der Waals surface area (Å²) >= 11 is 3.58. The molecular formula is C35H33BrN4O3. The highest BCUT2D eigenvalue weighted by molar-refractivity contribution is 9.10. The van der Waals surface area contributed by atoms with Crippen LogP contribution in [-0.2, 0) is 11.4 Å². The predicted molar refractivity (Wildman–Crippen MR) is 174 cm³/mol. The van der Waals surface area contributed by atoms with Gasteiger partial charge in [0.1, 0.15) is 23.8 Å². The summed E-state index contributed by atoms with van der Waals surface area (Å²) in [6.45, 7) is 6.51. The second-order valence-corrected chi connectivity index (χ2v) is 11.2. The number of hydrogen-bond donors (Lipinski definition) is 1. The smallest absolute Gasteiger partial charge is 0.277 e. The molecule has 0 bridgehead atoms. The van der Waals surface area contributed by atoms with Gasteiger partial charge in [-0.05, 0) is 78.1 Å². The van der Waals surface area contributed by atoms with Crippen molar-refractivity contribution in [2.24, 2.45) is 5.10 Å². The van der Waals surface area contributed by atoms with Crippen LogP contribution in [0.2, 0.25) is 0 Å². The summed E-state index contributed by atoms with van der Waals surface area (Å²) in [7, 11) is 0. The Morgan fingerprint density at radius 1 is 0.977 bits per heavy atom. The highest BCUT2D eigenvalue weighted by atomic mass is 79.9. The predicted octanol–water partition coefficient (Wildman–Crippen LogP) is 7.84. The zero-order chi connectivity index (χ0) is 30.2. The van der Waals surface area contributed by atoms with Crippen molar-refractivity contribution in [1.29, 1.82) is 0 Å². The zero-order valence-corrected chi connectivity index (χ0v) is 25.9. The molecule has 0 aliphatic heterocycles. The monoisotopic (exact) mass is 636 g/mol. The Morgan fingerprint density at radius 2 is 1.67 bits per heavy atom. The average Bonchev–Trinajstić information content (AvgIpc) is 3.45. The normalized spacial score (nSPS) is 11.2. The van der Waals surface area contributed by atoms with Gasteiger partial charge < -0.3 is 9.47 Å². The number of para-hydroxylation sites is 1. The Balaban J connectivity index is 1.29. The van der Waals surface area contributed by atoms with Gasteiger partial charge in [0.25, 0.3) is 5.91 Å². The fourth-order valence-corrected chi connectivity index (χ4v) is 4.83. The summed E-state index contributed by atoms with van der Waals surface area (Å²) < 4.78 is 14.6. The molecule has 0 radical (unpaired) electrons. The van der Waals surface area contributed by atoms with Crippen LogP contribution in [-0.4, -0.2) is 28.5 Å². The molecule has 1 aromatic heterocycles. The van der Waals surface area contributed by atoms with Gasteiger partial charge in [-0.15, -0.1) is 0 Å². The van der Waals surface area contributed by atoms with Crippen LogP contribution in [0.15, 0.2) is 113 Å². The van der Waals surface area contributed by atoms with E-state index in [4.69, 9.17) is 14.6 Å². The maximum atomic E-state index is 12.6. The van der Waals surface area contributed by atoms with Crippen molar-refractivity contribution in [3.63, 3.8) is 0 Å². The number of ether oxygens (including phenoxy) is 2. The molecule has 5 rings (SSSR count). The molecule has 7 nitrogen and oxygen atoms in total. The number of aryl methyl sites for hydroxylation is 1. The lowest BCUT2D eigenvalue weighted by molar-refractivity contribution is -0.123. The van der Waals surface area contributed by atoms with Crippen LogP contribution in [0.4, 0.5) is 0 Å². The number of halogens is 1. The Bertz CT molecular complexity index is 1700. The van der Waals surface area contributed by atoms with Crippen molar-refractivity contribution in [2.75, 3.05) is 6.61 Å². The molecule has 1 N–H and O–H groups in total. The second-order valence-electron chi connectivity index (χ2n) is 10.4. The van der Waals surface area contributed by atoms with Crippen LogP contribution in [0, 0.1) is 6.92 Å². The summed E-state index contributed by atoms with van der Waals surface area (Å²) in [5, 5.41) is 9.06. The van der Waals surface area contributed by atoms with Crippen molar-refractivity contribution < 1.29 is 14.3 Å². The number of carbonyl (C=O) groups is 1. The first kappa shape index (κ1) is 29.8. The number of hydrazone groups is 1. The molecule has 8 heteroatoms. The molecule has 218 valence electrons. The second kappa shape index (κ2) is 14.0. The molecule has 43 heavy (non-hydrogen) atoms. The Hall–Kier alpha value is -4.69. The quantitative estimate of drug-likeness (QED) is 0.118. The molecular weight excluding hydrogens is 604 g/mol. The Kier molecular flexibility index (Phi) is 9.69. The molecule has 1 amide bonds. The number of benzene rings is 4. The number of rotatable bonds is 11. The third kappa shape index (κ3) is 7.78. The van der Waals surface area contributed by atoms with E-state index < -0.39 is 0 Å². The Morgan fingerprint density at radius 3 is 2.37 bits per heavy atom. The first-order valence-corrected chi connectivity index (χ1v) is 14.8. The van der Waals surface area contributed by atoms with Crippen molar-refractivity contribution in [3.05, 3.63) is 130 Å². The molecule has 0 saturated heterocycles. The summed E-state index contributed by atoms with van der Waals surface area (Å²) in [6, 6.07) is 31.6. The molecule has 0 saturated carbocycles. The van der Waals surface area contributed by atoms with Crippen LogP contribution in [0.25, 0.3) is 16.9 Å². The minimum Gasteiger partial charge on any atom is -0.489 e. The van der Waals surface area contributed by atoms with Crippen LogP contribution in [0.1, 0.15) is 42.0 Å². The van der Waals surface area contributed by atoms with E-state index in [1.807, 2.05) is 110 Å². The van der Waals surface area contributed by atoms with Crippen molar-refractivity contribution in [2.45, 2.75) is 33.3 Å².